The van der Waals surface area contributed by atoms with Gasteiger partial charge in [-0.3, -0.25) is 0 Å². The second-order valence-corrected chi connectivity index (χ2v) is 6.28. The zero-order chi connectivity index (χ0) is 14.9. The zero-order valence-corrected chi connectivity index (χ0v) is 13.1. The molecule has 22 heavy (non-hydrogen) atoms. The molecule has 1 fully saturated rings. The van der Waals surface area contributed by atoms with Crippen molar-refractivity contribution in [1.82, 2.24) is 4.98 Å². The minimum atomic E-state index is 0.255. The SMILES string of the molecule is Clc1cc2[nH]ccc2cc1-c1ccc(C2CCCCO2)cc1. The number of halogens is 1. The monoisotopic (exact) mass is 311 g/mol. The van der Waals surface area contributed by atoms with Crippen LogP contribution in [0.15, 0.2) is 48.7 Å². The van der Waals surface area contributed by atoms with Crippen LogP contribution in [0.4, 0.5) is 0 Å². The van der Waals surface area contributed by atoms with E-state index in [1.165, 1.54) is 23.8 Å². The summed E-state index contributed by atoms with van der Waals surface area (Å²) in [6, 6.07) is 14.8. The van der Waals surface area contributed by atoms with Crippen LogP contribution in [0.2, 0.25) is 5.02 Å². The maximum atomic E-state index is 6.44. The molecule has 3 heteroatoms. The smallest absolute Gasteiger partial charge is 0.0824 e. The van der Waals surface area contributed by atoms with Crippen molar-refractivity contribution < 1.29 is 4.74 Å². The van der Waals surface area contributed by atoms with Crippen molar-refractivity contribution in [3.05, 3.63) is 59.2 Å². The van der Waals surface area contributed by atoms with E-state index < -0.39 is 0 Å². The number of hydrogen-bond donors (Lipinski definition) is 1. The first kappa shape index (κ1) is 13.9. The van der Waals surface area contributed by atoms with Crippen molar-refractivity contribution in [3.8, 4) is 11.1 Å². The minimum Gasteiger partial charge on any atom is -0.374 e. The van der Waals surface area contributed by atoms with Gasteiger partial charge in [0.05, 0.1) is 11.1 Å². The van der Waals surface area contributed by atoms with Crippen LogP contribution in [0.3, 0.4) is 0 Å². The lowest BCUT2D eigenvalue weighted by Crippen LogP contribution is -2.11. The molecule has 0 amide bonds. The molecule has 0 radical (unpaired) electrons. The number of aromatic amines is 1. The number of hydrogen-bond acceptors (Lipinski definition) is 1. The normalized spacial score (nSPS) is 18.7. The Hall–Kier alpha value is -1.77. The fraction of sp³-hybridized carbons (Fsp3) is 0.263. The summed E-state index contributed by atoms with van der Waals surface area (Å²) in [5.41, 5.74) is 4.56. The molecule has 1 unspecified atom stereocenters. The topological polar surface area (TPSA) is 25.0 Å². The molecule has 1 atom stereocenters. The second kappa shape index (κ2) is 5.79. The van der Waals surface area contributed by atoms with Crippen LogP contribution < -0.4 is 0 Å². The average Bonchev–Trinajstić information content (AvgIpc) is 3.02. The van der Waals surface area contributed by atoms with Gasteiger partial charge in [-0.1, -0.05) is 35.9 Å². The van der Waals surface area contributed by atoms with Crippen LogP contribution in [0.1, 0.15) is 30.9 Å². The Kier molecular flexibility index (Phi) is 3.65. The highest BCUT2D eigenvalue weighted by molar-refractivity contribution is 6.34. The van der Waals surface area contributed by atoms with E-state index in [-0.39, 0.29) is 6.10 Å². The third kappa shape index (κ3) is 2.53. The van der Waals surface area contributed by atoms with E-state index >= 15 is 0 Å². The van der Waals surface area contributed by atoms with Gasteiger partial charge in [0.15, 0.2) is 0 Å². The highest BCUT2D eigenvalue weighted by Gasteiger charge is 2.16. The lowest BCUT2D eigenvalue weighted by atomic mass is 9.97. The summed E-state index contributed by atoms with van der Waals surface area (Å²) in [5.74, 6) is 0. The standard InChI is InChI=1S/C19H18ClNO/c20-17-12-18-15(8-9-21-18)11-16(17)13-4-6-14(7-5-13)19-3-1-2-10-22-19/h4-9,11-12,19,21H,1-3,10H2. The van der Waals surface area contributed by atoms with Gasteiger partial charge in [0.1, 0.15) is 0 Å². The molecule has 1 aromatic heterocycles. The maximum Gasteiger partial charge on any atom is 0.0824 e. The summed E-state index contributed by atoms with van der Waals surface area (Å²) in [4.78, 5) is 3.19. The Balaban J connectivity index is 1.67. The van der Waals surface area contributed by atoms with Crippen LogP contribution in [-0.4, -0.2) is 11.6 Å². The van der Waals surface area contributed by atoms with Gasteiger partial charge >= 0.3 is 0 Å². The van der Waals surface area contributed by atoms with E-state index in [2.05, 4.69) is 41.4 Å². The molecule has 0 aliphatic carbocycles. The molecular formula is C19H18ClNO. The molecule has 1 N–H and O–H groups in total. The Bertz CT molecular complexity index is 785. The lowest BCUT2D eigenvalue weighted by molar-refractivity contribution is 0.0150. The van der Waals surface area contributed by atoms with Gasteiger partial charge in [0, 0.05) is 29.3 Å². The first-order valence-corrected chi connectivity index (χ1v) is 8.17. The van der Waals surface area contributed by atoms with Gasteiger partial charge in [-0.15, -0.1) is 0 Å². The third-order valence-electron chi connectivity index (χ3n) is 4.41. The van der Waals surface area contributed by atoms with E-state index in [1.54, 1.807) is 0 Å². The molecule has 3 aromatic rings. The fourth-order valence-electron chi connectivity index (χ4n) is 3.18. The molecule has 2 heterocycles. The molecule has 1 saturated heterocycles. The molecule has 0 spiro atoms. The third-order valence-corrected chi connectivity index (χ3v) is 4.73. The molecule has 1 aliphatic heterocycles. The highest BCUT2D eigenvalue weighted by Crippen LogP contribution is 2.34. The van der Waals surface area contributed by atoms with Gasteiger partial charge in [-0.2, -0.15) is 0 Å². The van der Waals surface area contributed by atoms with Crippen molar-refractivity contribution in [2.24, 2.45) is 0 Å². The first-order valence-electron chi connectivity index (χ1n) is 7.80. The predicted octanol–water partition coefficient (Wildman–Crippen LogP) is 5.73. The number of nitrogens with one attached hydrogen (secondary N) is 1. The molecule has 0 saturated carbocycles. The molecule has 0 bridgehead atoms. The van der Waals surface area contributed by atoms with E-state index in [1.807, 2.05) is 12.3 Å². The van der Waals surface area contributed by atoms with Crippen molar-refractivity contribution in [2.75, 3.05) is 6.61 Å². The largest absolute Gasteiger partial charge is 0.374 e. The van der Waals surface area contributed by atoms with E-state index in [0.29, 0.717) is 0 Å². The van der Waals surface area contributed by atoms with E-state index in [9.17, 15) is 0 Å². The number of benzene rings is 2. The number of aromatic nitrogens is 1. The van der Waals surface area contributed by atoms with Gasteiger partial charge < -0.3 is 9.72 Å². The molecule has 2 nitrogen and oxygen atoms in total. The van der Waals surface area contributed by atoms with Crippen LogP contribution in [0.5, 0.6) is 0 Å². The van der Waals surface area contributed by atoms with Gasteiger partial charge in [-0.25, -0.2) is 0 Å². The molecule has 112 valence electrons. The van der Waals surface area contributed by atoms with Gasteiger partial charge in [0.2, 0.25) is 0 Å². The van der Waals surface area contributed by atoms with Crippen LogP contribution in [0, 0.1) is 0 Å². The van der Waals surface area contributed by atoms with Crippen LogP contribution in [0.25, 0.3) is 22.0 Å². The average molecular weight is 312 g/mol. The van der Waals surface area contributed by atoms with E-state index in [4.69, 9.17) is 16.3 Å². The zero-order valence-electron chi connectivity index (χ0n) is 12.3. The Morgan fingerprint density at radius 3 is 2.68 bits per heavy atom. The van der Waals surface area contributed by atoms with Crippen LogP contribution in [-0.2, 0) is 4.74 Å². The number of ether oxygens (including phenoxy) is 1. The maximum absolute atomic E-state index is 6.44. The van der Waals surface area contributed by atoms with Crippen molar-refractivity contribution in [1.29, 1.82) is 0 Å². The summed E-state index contributed by atoms with van der Waals surface area (Å²) in [6.45, 7) is 0.877. The predicted molar refractivity (Wildman–Crippen MR) is 91.3 cm³/mol. The van der Waals surface area contributed by atoms with Crippen molar-refractivity contribution in [2.45, 2.75) is 25.4 Å². The molecular weight excluding hydrogens is 294 g/mol. The Morgan fingerprint density at radius 1 is 1.05 bits per heavy atom. The number of H-pyrrole nitrogens is 1. The van der Waals surface area contributed by atoms with Gasteiger partial charge in [0.25, 0.3) is 0 Å². The Morgan fingerprint density at radius 2 is 1.91 bits per heavy atom. The highest BCUT2D eigenvalue weighted by atomic mass is 35.5. The summed E-state index contributed by atoms with van der Waals surface area (Å²) < 4.78 is 5.85. The Labute approximate surface area is 135 Å². The number of fused-ring (bicyclic) bond motifs is 1. The quantitative estimate of drug-likeness (QED) is 0.642. The lowest BCUT2D eigenvalue weighted by Gasteiger charge is -2.23. The molecule has 2 aromatic carbocycles. The summed E-state index contributed by atoms with van der Waals surface area (Å²) in [5, 5.41) is 1.95. The first-order chi connectivity index (χ1) is 10.8. The van der Waals surface area contributed by atoms with Crippen LogP contribution >= 0.6 is 11.6 Å². The summed E-state index contributed by atoms with van der Waals surface area (Å²) in [7, 11) is 0. The summed E-state index contributed by atoms with van der Waals surface area (Å²) >= 11 is 6.44. The summed E-state index contributed by atoms with van der Waals surface area (Å²) in [6.07, 6.45) is 5.75. The van der Waals surface area contributed by atoms with Crippen molar-refractivity contribution >= 4 is 22.5 Å². The second-order valence-electron chi connectivity index (χ2n) is 5.87. The molecule has 4 rings (SSSR count). The van der Waals surface area contributed by atoms with Gasteiger partial charge in [-0.05, 0) is 48.6 Å². The minimum absolute atomic E-state index is 0.255. The number of rotatable bonds is 2. The molecule has 1 aliphatic rings. The van der Waals surface area contributed by atoms with E-state index in [0.717, 1.165) is 34.7 Å². The fourth-order valence-corrected chi connectivity index (χ4v) is 3.45. The van der Waals surface area contributed by atoms with Crippen molar-refractivity contribution in [3.63, 3.8) is 0 Å².